The summed E-state index contributed by atoms with van der Waals surface area (Å²) in [4.78, 5) is 0. The van der Waals surface area contributed by atoms with Gasteiger partial charge in [0.1, 0.15) is 0 Å². The van der Waals surface area contributed by atoms with Gasteiger partial charge in [-0.3, -0.25) is 0 Å². The molecule has 33 valence electrons. The second-order valence-corrected chi connectivity index (χ2v) is 0. The van der Waals surface area contributed by atoms with Crippen LogP contribution in [0.5, 0.6) is 0 Å². The molecule has 0 rings (SSSR count). The van der Waals surface area contributed by atoms with Crippen LogP contribution in [0, 0.1) is 0 Å². The Morgan fingerprint density at radius 3 is 1.00 bits per heavy atom. The molecule has 0 bridgehead atoms. The van der Waals surface area contributed by atoms with Gasteiger partial charge in [0.25, 0.3) is 0 Å². The summed E-state index contributed by atoms with van der Waals surface area (Å²) in [7, 11) is 0. The Hall–Kier alpha value is 1.86. The first-order valence-corrected chi connectivity index (χ1v) is 0. The Morgan fingerprint density at radius 1 is 1.00 bits per heavy atom. The van der Waals surface area contributed by atoms with Crippen LogP contribution >= 0.6 is 0 Å². The van der Waals surface area contributed by atoms with Crippen LogP contribution < -0.4 is 0 Å². The average Bonchev–Trinajstić information content (AvgIpc) is 0. The van der Waals surface area contributed by atoms with E-state index in [-0.39, 0.29) is 65.6 Å². The Bertz CT molecular complexity index is 8.00. The molecule has 1 radical (unpaired) electrons. The summed E-state index contributed by atoms with van der Waals surface area (Å²) in [6.45, 7) is 0. The van der Waals surface area contributed by atoms with Gasteiger partial charge in [0.15, 0.2) is 0 Å². The summed E-state index contributed by atoms with van der Waals surface area (Å²) in [5.74, 6) is 0. The Labute approximate surface area is 65.1 Å². The third kappa shape index (κ3) is 9.12. The van der Waals surface area contributed by atoms with Gasteiger partial charge in [-0.2, -0.15) is 0 Å². The van der Waals surface area contributed by atoms with Crippen molar-refractivity contribution < 1.29 is 33.3 Å². The molecule has 0 aliphatic heterocycles. The molecule has 0 atom stereocenters. The van der Waals surface area contributed by atoms with Gasteiger partial charge in [-0.15, -0.1) is 0 Å². The van der Waals surface area contributed by atoms with Crippen LogP contribution in [-0.2, 0) is 33.3 Å². The first-order chi connectivity index (χ1) is 0. The molecule has 0 spiro atoms. The Balaban J connectivity index is 0. The predicted octanol–water partition coefficient (Wildman–Crippen LogP) is -2.64. The van der Waals surface area contributed by atoms with E-state index in [1.807, 2.05) is 0 Å². The molecule has 0 saturated carbocycles. The van der Waals surface area contributed by atoms with Crippen molar-refractivity contribution in [2.45, 2.75) is 0 Å². The topological polar surface area (TPSA) is 0 Å². The van der Waals surface area contributed by atoms with Crippen LogP contribution in [0.4, 0.5) is 0 Å². The zero-order valence-corrected chi connectivity index (χ0v) is 2.68. The fourth-order valence-corrected chi connectivity index (χ4v) is 0. The number of hydrogen-bond acceptors (Lipinski definition) is 0. The zero-order valence-electron chi connectivity index (χ0n) is 0.650. The summed E-state index contributed by atoms with van der Waals surface area (Å²) in [6, 6.07) is 0. The van der Waals surface area contributed by atoms with E-state index in [4.69, 9.17) is 0 Å². The maximum absolute atomic E-state index is 0. The van der Waals surface area contributed by atoms with Crippen LogP contribution in [-0.4, -0.2) is 32.3 Å². The third-order valence-electron chi connectivity index (χ3n) is 0. The van der Waals surface area contributed by atoms with E-state index < -0.39 is 0 Å². The standard InChI is InChI=1S/BH3.Co.Ni.Sn.4H/h1H3;;;;;;;. The molecule has 0 aromatic rings. The fraction of sp³-hybridized carbons (Fsp3) is 0. The Morgan fingerprint density at radius 2 is 1.00 bits per heavy atom. The van der Waals surface area contributed by atoms with Gasteiger partial charge >= 0.3 is 23.9 Å². The Kier molecular flexibility index (Phi) is 209. The van der Waals surface area contributed by atoms with Crippen LogP contribution in [0.2, 0.25) is 0 Å². The van der Waals surface area contributed by atoms with Gasteiger partial charge in [0.2, 0.25) is 0 Å². The molecular formula is H7BCoNiSn. The fourth-order valence-electron chi connectivity index (χ4n) is 0. The maximum atomic E-state index is 0. The molecule has 0 aliphatic rings. The van der Waals surface area contributed by atoms with Gasteiger partial charge < -0.3 is 0 Å². The molecule has 0 amide bonds. The van der Waals surface area contributed by atoms with Crippen LogP contribution in [0.25, 0.3) is 0 Å². The first-order valence-electron chi connectivity index (χ1n) is 0. The zero-order chi connectivity index (χ0) is 0. The number of hydrogen-bond donors (Lipinski definition) is 0. The van der Waals surface area contributed by atoms with Gasteiger partial charge in [-0.05, 0) is 0 Å². The van der Waals surface area contributed by atoms with Gasteiger partial charge in [-0.1, -0.05) is 0 Å². The molecule has 0 aliphatic carbocycles. The molecule has 0 unspecified atom stereocenters. The van der Waals surface area contributed by atoms with E-state index in [1.54, 1.807) is 0 Å². The average molecular weight is 254 g/mol. The summed E-state index contributed by atoms with van der Waals surface area (Å²) in [5.41, 5.74) is 0. The van der Waals surface area contributed by atoms with Gasteiger partial charge in [-0.25, -0.2) is 0 Å². The summed E-state index contributed by atoms with van der Waals surface area (Å²) in [6.07, 6.45) is 0. The van der Waals surface area contributed by atoms with E-state index in [1.165, 1.54) is 0 Å². The van der Waals surface area contributed by atoms with Crippen molar-refractivity contribution in [3.8, 4) is 0 Å². The molecule has 0 fully saturated rings. The van der Waals surface area contributed by atoms with E-state index in [0.29, 0.717) is 0 Å². The summed E-state index contributed by atoms with van der Waals surface area (Å²) < 4.78 is 0. The van der Waals surface area contributed by atoms with E-state index in [2.05, 4.69) is 0 Å². The normalized spacial score (nSPS) is 0. The quantitative estimate of drug-likeness (QED) is 0.415. The minimum atomic E-state index is 0. The predicted molar refractivity (Wildman–Crippen MR) is 21.3 cm³/mol. The van der Waals surface area contributed by atoms with Crippen molar-refractivity contribution in [1.82, 2.24) is 0 Å². The summed E-state index contributed by atoms with van der Waals surface area (Å²) in [5, 5.41) is 0. The van der Waals surface area contributed by atoms with E-state index >= 15 is 0 Å². The molecule has 0 saturated heterocycles. The van der Waals surface area contributed by atoms with Crippen LogP contribution in [0.3, 0.4) is 0 Å². The summed E-state index contributed by atoms with van der Waals surface area (Å²) >= 11 is 0. The molecule has 0 nitrogen and oxygen atoms in total. The second-order valence-electron chi connectivity index (χ2n) is 0. The minimum absolute atomic E-state index is 0. The molecule has 0 aromatic carbocycles. The van der Waals surface area contributed by atoms with E-state index in [9.17, 15) is 0 Å². The number of rotatable bonds is 0. The van der Waals surface area contributed by atoms with Crippen LogP contribution in [0.15, 0.2) is 0 Å². The van der Waals surface area contributed by atoms with Crippen molar-refractivity contribution in [2.75, 3.05) is 0 Å². The molecular weight excluding hydrogens is 247 g/mol. The van der Waals surface area contributed by atoms with Gasteiger partial charge in [0.05, 0.1) is 8.41 Å². The second kappa shape index (κ2) is 20.9. The molecule has 0 aromatic heterocycles. The molecule has 0 heterocycles. The third-order valence-corrected chi connectivity index (χ3v) is 0. The van der Waals surface area contributed by atoms with E-state index in [0.717, 1.165) is 0 Å². The van der Waals surface area contributed by atoms with Gasteiger partial charge in [0, 0.05) is 33.3 Å². The van der Waals surface area contributed by atoms with Crippen LogP contribution in [0.1, 0.15) is 0 Å². The van der Waals surface area contributed by atoms with Crippen molar-refractivity contribution in [3.05, 3.63) is 0 Å². The first kappa shape index (κ1) is 39.9. The monoisotopic (exact) mass is 255 g/mol. The molecule has 4 heteroatoms. The van der Waals surface area contributed by atoms with Crippen molar-refractivity contribution >= 4 is 32.3 Å². The molecule has 0 N–H and O–H groups in total. The molecule has 4 heavy (non-hydrogen) atoms. The van der Waals surface area contributed by atoms with Crippen molar-refractivity contribution in [1.29, 1.82) is 0 Å². The SMILES string of the molecule is B.[Co].[Ni].[SnH4]. The van der Waals surface area contributed by atoms with Crippen molar-refractivity contribution in [3.63, 3.8) is 0 Å². The van der Waals surface area contributed by atoms with Crippen molar-refractivity contribution in [2.24, 2.45) is 0 Å².